The fourth-order valence-corrected chi connectivity index (χ4v) is 1.06. The lowest BCUT2D eigenvalue weighted by atomic mass is 10.2. The first kappa shape index (κ1) is 20.7. The molecule has 7 nitrogen and oxygen atoms in total. The first-order chi connectivity index (χ1) is 9.38. The van der Waals surface area contributed by atoms with Gasteiger partial charge in [-0.2, -0.15) is 4.89 Å². The maximum atomic E-state index is 10.9. The second kappa shape index (κ2) is 13.8. The van der Waals surface area contributed by atoms with E-state index in [0.717, 1.165) is 13.1 Å². The molecule has 20 heavy (non-hydrogen) atoms. The van der Waals surface area contributed by atoms with E-state index in [0.29, 0.717) is 0 Å². The molecule has 0 radical (unpaired) electrons. The quantitative estimate of drug-likeness (QED) is 0.375. The van der Waals surface area contributed by atoms with Crippen LogP contribution in [-0.2, 0) is 14.6 Å². The summed E-state index contributed by atoms with van der Waals surface area (Å²) in [5.74, 6) is -1.03. The smallest absolute Gasteiger partial charge is 0.439 e. The maximum absolute atomic E-state index is 10.9. The number of carboxylic acids is 1. The summed E-state index contributed by atoms with van der Waals surface area (Å²) in [5.41, 5.74) is 0.152. The molecular weight excluding hydrogens is 264 g/mol. The number of carbonyl (C=O) groups excluding carboxylic acids is 1. The molecule has 1 amide bonds. The monoisotopic (exact) mass is 290 g/mol. The maximum Gasteiger partial charge on any atom is 0.439 e. The first-order valence-corrected chi connectivity index (χ1v) is 6.61. The molecule has 0 aromatic heterocycles. The Kier molecular flexibility index (Phi) is 14.3. The Morgan fingerprint density at radius 2 is 1.80 bits per heavy atom. The van der Waals surface area contributed by atoms with Crippen LogP contribution in [0.1, 0.15) is 34.6 Å². The van der Waals surface area contributed by atoms with E-state index in [1.54, 1.807) is 13.8 Å². The van der Waals surface area contributed by atoms with E-state index in [1.165, 1.54) is 13.0 Å². The molecule has 1 atom stereocenters. The zero-order valence-electron chi connectivity index (χ0n) is 12.9. The Balaban J connectivity index is 0. The molecule has 0 spiro atoms. The third-order valence-electron chi connectivity index (χ3n) is 1.94. The minimum absolute atomic E-state index is 0.152. The summed E-state index contributed by atoms with van der Waals surface area (Å²) in [5, 5.41) is 14.1. The zero-order valence-corrected chi connectivity index (χ0v) is 12.9. The van der Waals surface area contributed by atoms with Gasteiger partial charge in [-0.3, -0.25) is 4.89 Å². The summed E-state index contributed by atoms with van der Waals surface area (Å²) >= 11 is 0. The van der Waals surface area contributed by atoms with Crippen molar-refractivity contribution in [2.75, 3.05) is 19.7 Å². The van der Waals surface area contributed by atoms with E-state index < -0.39 is 18.1 Å². The topological polar surface area (TPSA) is 96.9 Å². The van der Waals surface area contributed by atoms with Crippen molar-refractivity contribution in [3.63, 3.8) is 0 Å². The van der Waals surface area contributed by atoms with E-state index in [9.17, 15) is 9.59 Å². The lowest BCUT2D eigenvalue weighted by Crippen LogP contribution is -2.32. The molecule has 0 aliphatic carbocycles. The van der Waals surface area contributed by atoms with Crippen molar-refractivity contribution in [1.82, 2.24) is 10.6 Å². The Morgan fingerprint density at radius 3 is 2.15 bits per heavy atom. The van der Waals surface area contributed by atoms with Crippen molar-refractivity contribution in [1.29, 1.82) is 0 Å². The summed E-state index contributed by atoms with van der Waals surface area (Å²) < 4.78 is 0. The summed E-state index contributed by atoms with van der Waals surface area (Å²) in [4.78, 5) is 30.1. The third-order valence-corrected chi connectivity index (χ3v) is 1.94. The van der Waals surface area contributed by atoms with E-state index in [-0.39, 0.29) is 12.2 Å². The fraction of sp³-hybridized carbons (Fsp3) is 0.692. The highest BCUT2D eigenvalue weighted by Crippen LogP contribution is 1.96. The molecule has 3 N–H and O–H groups in total. The van der Waals surface area contributed by atoms with Crippen molar-refractivity contribution >= 4 is 12.1 Å². The van der Waals surface area contributed by atoms with Crippen molar-refractivity contribution < 1.29 is 24.5 Å². The molecular formula is C13H26N2O5. The molecule has 0 saturated heterocycles. The van der Waals surface area contributed by atoms with Crippen molar-refractivity contribution in [2.45, 2.75) is 40.7 Å². The van der Waals surface area contributed by atoms with Gasteiger partial charge in [-0.25, -0.2) is 9.59 Å². The second-order valence-corrected chi connectivity index (χ2v) is 3.82. The third kappa shape index (κ3) is 14.5. The van der Waals surface area contributed by atoms with Gasteiger partial charge in [0, 0.05) is 11.6 Å². The Morgan fingerprint density at radius 1 is 1.25 bits per heavy atom. The largest absolute Gasteiger partial charge is 0.478 e. The average molecular weight is 290 g/mol. The van der Waals surface area contributed by atoms with Crippen LogP contribution >= 0.6 is 0 Å². The van der Waals surface area contributed by atoms with E-state index in [1.807, 2.05) is 0 Å². The van der Waals surface area contributed by atoms with Crippen LogP contribution in [0.4, 0.5) is 4.79 Å². The summed E-state index contributed by atoms with van der Waals surface area (Å²) in [6, 6.07) is -0.436. The van der Waals surface area contributed by atoms with Crippen LogP contribution in [-0.4, -0.2) is 42.9 Å². The minimum Gasteiger partial charge on any atom is -0.478 e. The van der Waals surface area contributed by atoms with Gasteiger partial charge in [0.05, 0.1) is 6.61 Å². The van der Waals surface area contributed by atoms with Gasteiger partial charge in [-0.1, -0.05) is 19.9 Å². The second-order valence-electron chi connectivity index (χ2n) is 3.82. The van der Waals surface area contributed by atoms with Crippen molar-refractivity contribution in [3.8, 4) is 0 Å². The van der Waals surface area contributed by atoms with Crippen molar-refractivity contribution in [2.24, 2.45) is 0 Å². The average Bonchev–Trinajstić information content (AvgIpc) is 2.37. The van der Waals surface area contributed by atoms with E-state index in [2.05, 4.69) is 34.3 Å². The predicted molar refractivity (Wildman–Crippen MR) is 76.3 cm³/mol. The van der Waals surface area contributed by atoms with E-state index in [4.69, 9.17) is 5.11 Å². The number of carbonyl (C=O) groups is 2. The van der Waals surface area contributed by atoms with Gasteiger partial charge in [0.2, 0.25) is 0 Å². The first-order valence-electron chi connectivity index (χ1n) is 6.61. The highest BCUT2D eigenvalue weighted by atomic mass is 17.2. The number of rotatable bonds is 7. The standard InChI is InChI=1S/C9H15NO5.C4H11N/c1-4-14-15-9(13)10-7(3)5-6(2)8(11)12;1-3-5-4-2/h5,7H,4H2,1-3H3,(H,10,13)(H,11,12);5H,3-4H2,1-2H3. The molecule has 0 aromatic carbocycles. The molecule has 0 rings (SSSR count). The predicted octanol–water partition coefficient (Wildman–Crippen LogP) is 1.70. The normalized spacial score (nSPS) is 11.9. The number of hydrogen-bond acceptors (Lipinski definition) is 5. The van der Waals surface area contributed by atoms with Gasteiger partial charge < -0.3 is 15.7 Å². The van der Waals surface area contributed by atoms with Crippen molar-refractivity contribution in [3.05, 3.63) is 11.6 Å². The number of nitrogens with one attached hydrogen (secondary N) is 2. The molecule has 0 fully saturated rings. The molecule has 0 aliphatic rings. The molecule has 0 saturated carbocycles. The van der Waals surface area contributed by atoms with Crippen LogP contribution in [0.25, 0.3) is 0 Å². The minimum atomic E-state index is -1.03. The van der Waals surface area contributed by atoms with Crippen LogP contribution in [0.5, 0.6) is 0 Å². The molecule has 0 heterocycles. The van der Waals surface area contributed by atoms with Crippen LogP contribution in [0.3, 0.4) is 0 Å². The van der Waals surface area contributed by atoms with Crippen LogP contribution < -0.4 is 10.6 Å². The summed E-state index contributed by atoms with van der Waals surface area (Å²) in [7, 11) is 0. The molecule has 0 bridgehead atoms. The van der Waals surface area contributed by atoms with Gasteiger partial charge in [-0.05, 0) is 33.9 Å². The van der Waals surface area contributed by atoms with Gasteiger partial charge in [-0.15, -0.1) is 0 Å². The molecule has 0 aliphatic heterocycles. The fourth-order valence-electron chi connectivity index (χ4n) is 1.06. The van der Waals surface area contributed by atoms with Gasteiger partial charge in [0.15, 0.2) is 0 Å². The number of carboxylic acid groups (broad SMARTS) is 1. The summed E-state index contributed by atoms with van der Waals surface area (Å²) in [6.07, 6.45) is 0.647. The van der Waals surface area contributed by atoms with Crippen LogP contribution in [0.2, 0.25) is 0 Å². The van der Waals surface area contributed by atoms with Crippen LogP contribution in [0, 0.1) is 0 Å². The SMILES string of the molecule is CCNCC.CCOOC(=O)NC(C)C=C(C)C(=O)O. The highest BCUT2D eigenvalue weighted by Gasteiger charge is 2.08. The lowest BCUT2D eigenvalue weighted by molar-refractivity contribution is -0.234. The Bertz CT molecular complexity index is 303. The zero-order chi connectivity index (χ0) is 16.0. The Labute approximate surface area is 120 Å². The molecule has 7 heteroatoms. The van der Waals surface area contributed by atoms with Gasteiger partial charge >= 0.3 is 12.1 Å². The lowest BCUT2D eigenvalue weighted by Gasteiger charge is -2.09. The van der Waals surface area contributed by atoms with E-state index >= 15 is 0 Å². The highest BCUT2D eigenvalue weighted by molar-refractivity contribution is 5.86. The van der Waals surface area contributed by atoms with Crippen LogP contribution in [0.15, 0.2) is 11.6 Å². The molecule has 0 aromatic rings. The summed E-state index contributed by atoms with van der Waals surface area (Å²) in [6.45, 7) is 11.4. The molecule has 118 valence electrons. The van der Waals surface area contributed by atoms with Gasteiger partial charge in [0.25, 0.3) is 0 Å². The Hall–Kier alpha value is -1.60. The van der Waals surface area contributed by atoms with Gasteiger partial charge in [0.1, 0.15) is 0 Å². The number of aliphatic carboxylic acids is 1. The number of hydrogen-bond donors (Lipinski definition) is 3. The number of amides is 1. The molecule has 1 unspecified atom stereocenters.